The molecular formula is C13H19NO2S. The van der Waals surface area contributed by atoms with Crippen LogP contribution in [0.5, 0.6) is 0 Å². The largest absolute Gasteiger partial charge is 0.376 e. The Kier molecular flexibility index (Phi) is 4.57. The van der Waals surface area contributed by atoms with Crippen LogP contribution < -0.4 is 5.32 Å². The van der Waals surface area contributed by atoms with Gasteiger partial charge in [-0.25, -0.2) is 0 Å². The molecule has 2 heterocycles. The van der Waals surface area contributed by atoms with Gasteiger partial charge < -0.3 is 10.1 Å². The quantitative estimate of drug-likeness (QED) is 0.876. The van der Waals surface area contributed by atoms with Gasteiger partial charge in [0.05, 0.1) is 11.7 Å². The summed E-state index contributed by atoms with van der Waals surface area (Å²) in [4.78, 5) is 13.1. The van der Waals surface area contributed by atoms with Crippen molar-refractivity contribution in [1.82, 2.24) is 5.32 Å². The van der Waals surface area contributed by atoms with Crippen LogP contribution in [0.15, 0.2) is 11.4 Å². The molecule has 3 nitrogen and oxygen atoms in total. The Hall–Kier alpha value is -0.870. The summed E-state index contributed by atoms with van der Waals surface area (Å²) in [6.45, 7) is 3.62. The third-order valence-electron chi connectivity index (χ3n) is 2.93. The minimum atomic E-state index is 0.0269. The van der Waals surface area contributed by atoms with E-state index < -0.39 is 0 Å². The molecule has 0 saturated carbocycles. The van der Waals surface area contributed by atoms with E-state index in [1.54, 1.807) is 11.3 Å². The van der Waals surface area contributed by atoms with E-state index >= 15 is 0 Å². The molecule has 1 atom stereocenters. The third kappa shape index (κ3) is 3.54. The van der Waals surface area contributed by atoms with Crippen molar-refractivity contribution in [2.45, 2.75) is 38.7 Å². The molecule has 4 heteroatoms. The Bertz CT molecular complexity index is 369. The van der Waals surface area contributed by atoms with Gasteiger partial charge in [0.25, 0.3) is 5.91 Å². The number of carbonyl (C=O) groups excluding carboxylic acids is 1. The van der Waals surface area contributed by atoms with Crippen LogP contribution in [0.25, 0.3) is 0 Å². The van der Waals surface area contributed by atoms with Crippen molar-refractivity contribution < 1.29 is 9.53 Å². The Morgan fingerprint density at radius 3 is 3.24 bits per heavy atom. The molecule has 1 amide bonds. The predicted octanol–water partition coefficient (Wildman–Crippen LogP) is 2.61. The number of hydrogen-bond acceptors (Lipinski definition) is 3. The highest BCUT2D eigenvalue weighted by molar-refractivity contribution is 7.10. The number of thiophene rings is 1. The molecule has 1 saturated heterocycles. The van der Waals surface area contributed by atoms with Gasteiger partial charge in [-0.1, -0.05) is 13.3 Å². The zero-order chi connectivity index (χ0) is 12.1. The number of aryl methyl sites for hydroxylation is 1. The summed E-state index contributed by atoms with van der Waals surface area (Å²) in [5.41, 5.74) is 0.788. The monoisotopic (exact) mass is 253 g/mol. The van der Waals surface area contributed by atoms with E-state index in [1.807, 2.05) is 11.4 Å². The minimum Gasteiger partial charge on any atom is -0.376 e. The van der Waals surface area contributed by atoms with Crippen molar-refractivity contribution in [2.75, 3.05) is 13.2 Å². The highest BCUT2D eigenvalue weighted by atomic mass is 32.1. The molecule has 0 radical (unpaired) electrons. The average molecular weight is 253 g/mol. The molecule has 1 N–H and O–H groups in total. The van der Waals surface area contributed by atoms with E-state index in [1.165, 1.54) is 4.88 Å². The maximum Gasteiger partial charge on any atom is 0.252 e. The predicted molar refractivity (Wildman–Crippen MR) is 69.6 cm³/mol. The molecule has 1 aromatic heterocycles. The van der Waals surface area contributed by atoms with Crippen LogP contribution in [0.1, 0.15) is 41.4 Å². The van der Waals surface area contributed by atoms with E-state index in [0.29, 0.717) is 6.54 Å². The number of nitrogens with one attached hydrogen (secondary N) is 1. The van der Waals surface area contributed by atoms with Crippen molar-refractivity contribution >= 4 is 17.2 Å². The highest BCUT2D eigenvalue weighted by Gasteiger charge is 2.17. The van der Waals surface area contributed by atoms with Crippen molar-refractivity contribution in [3.8, 4) is 0 Å². The maximum atomic E-state index is 11.9. The summed E-state index contributed by atoms with van der Waals surface area (Å²) in [6, 6.07) is 2.00. The summed E-state index contributed by atoms with van der Waals surface area (Å²) >= 11 is 1.67. The molecule has 2 rings (SSSR count). The second-order valence-electron chi connectivity index (χ2n) is 4.40. The summed E-state index contributed by atoms with van der Waals surface area (Å²) in [5.74, 6) is 0.0269. The fraction of sp³-hybridized carbons (Fsp3) is 0.615. The van der Waals surface area contributed by atoms with Gasteiger partial charge in [-0.15, -0.1) is 11.3 Å². The van der Waals surface area contributed by atoms with E-state index in [9.17, 15) is 4.79 Å². The summed E-state index contributed by atoms with van der Waals surface area (Å²) in [7, 11) is 0. The Morgan fingerprint density at radius 2 is 2.53 bits per heavy atom. The third-order valence-corrected chi connectivity index (χ3v) is 3.92. The fourth-order valence-electron chi connectivity index (χ4n) is 1.99. The van der Waals surface area contributed by atoms with E-state index in [-0.39, 0.29) is 12.0 Å². The summed E-state index contributed by atoms with van der Waals surface area (Å²) < 4.78 is 5.47. The van der Waals surface area contributed by atoms with Gasteiger partial charge >= 0.3 is 0 Å². The molecule has 17 heavy (non-hydrogen) atoms. The van der Waals surface area contributed by atoms with Crippen LogP contribution >= 0.6 is 11.3 Å². The number of carbonyl (C=O) groups is 1. The lowest BCUT2D eigenvalue weighted by molar-refractivity contribution is 0.0858. The molecule has 0 aromatic carbocycles. The standard InChI is InChI=1S/C13H19NO2S/c1-2-4-12-7-10(9-17-12)13(15)14-8-11-5-3-6-16-11/h7,9,11H,2-6,8H2,1H3,(H,14,15)/t11-/m1/s1. The van der Waals surface area contributed by atoms with Gasteiger partial charge in [0, 0.05) is 23.4 Å². The van der Waals surface area contributed by atoms with E-state index in [4.69, 9.17) is 4.74 Å². The highest BCUT2D eigenvalue weighted by Crippen LogP contribution is 2.16. The maximum absolute atomic E-state index is 11.9. The fourth-order valence-corrected chi connectivity index (χ4v) is 2.96. The number of rotatable bonds is 5. The number of amides is 1. The molecule has 1 aliphatic rings. The van der Waals surface area contributed by atoms with Gasteiger partial charge in [-0.3, -0.25) is 4.79 Å². The van der Waals surface area contributed by atoms with Gasteiger partial charge in [-0.05, 0) is 25.3 Å². The zero-order valence-electron chi connectivity index (χ0n) is 10.2. The molecule has 94 valence electrons. The molecule has 1 fully saturated rings. The molecule has 0 bridgehead atoms. The molecule has 1 aromatic rings. The number of hydrogen-bond donors (Lipinski definition) is 1. The zero-order valence-corrected chi connectivity index (χ0v) is 11.0. The van der Waals surface area contributed by atoms with Crippen LogP contribution in [0.2, 0.25) is 0 Å². The van der Waals surface area contributed by atoms with Crippen LogP contribution in [0.3, 0.4) is 0 Å². The SMILES string of the molecule is CCCc1cc(C(=O)NC[C@H]2CCCO2)cs1. The van der Waals surface area contributed by atoms with Gasteiger partial charge in [0.2, 0.25) is 0 Å². The van der Waals surface area contributed by atoms with Gasteiger partial charge in [0.1, 0.15) is 0 Å². The average Bonchev–Trinajstić information content (AvgIpc) is 2.97. The second-order valence-corrected chi connectivity index (χ2v) is 5.39. The first kappa shape index (κ1) is 12.6. The first-order valence-electron chi connectivity index (χ1n) is 6.27. The van der Waals surface area contributed by atoms with Crippen LogP contribution in [-0.4, -0.2) is 25.2 Å². The van der Waals surface area contributed by atoms with Crippen LogP contribution in [0.4, 0.5) is 0 Å². The Morgan fingerprint density at radius 1 is 1.65 bits per heavy atom. The lowest BCUT2D eigenvalue weighted by atomic mass is 10.2. The van der Waals surface area contributed by atoms with Crippen LogP contribution in [0, 0.1) is 0 Å². The molecule has 1 aliphatic heterocycles. The molecule has 0 spiro atoms. The number of ether oxygens (including phenoxy) is 1. The lowest BCUT2D eigenvalue weighted by Crippen LogP contribution is -2.31. The van der Waals surface area contributed by atoms with E-state index in [0.717, 1.165) is 37.9 Å². The molecule has 0 unspecified atom stereocenters. The Labute approximate surface area is 106 Å². The first-order chi connectivity index (χ1) is 8.29. The van der Waals surface area contributed by atoms with Gasteiger partial charge in [-0.2, -0.15) is 0 Å². The van der Waals surface area contributed by atoms with Crippen molar-refractivity contribution in [1.29, 1.82) is 0 Å². The molecule has 0 aliphatic carbocycles. The summed E-state index contributed by atoms with van der Waals surface area (Å²) in [6.07, 6.45) is 4.57. The molecular weight excluding hydrogens is 234 g/mol. The van der Waals surface area contributed by atoms with Gasteiger partial charge in [0.15, 0.2) is 0 Å². The smallest absolute Gasteiger partial charge is 0.252 e. The Balaban J connectivity index is 1.81. The van der Waals surface area contributed by atoms with Crippen molar-refractivity contribution in [3.05, 3.63) is 21.9 Å². The lowest BCUT2D eigenvalue weighted by Gasteiger charge is -2.09. The van der Waals surface area contributed by atoms with Crippen molar-refractivity contribution in [3.63, 3.8) is 0 Å². The normalized spacial score (nSPS) is 19.5. The topological polar surface area (TPSA) is 38.3 Å². The summed E-state index contributed by atoms with van der Waals surface area (Å²) in [5, 5.41) is 4.88. The first-order valence-corrected chi connectivity index (χ1v) is 7.14. The van der Waals surface area contributed by atoms with Crippen molar-refractivity contribution in [2.24, 2.45) is 0 Å². The second kappa shape index (κ2) is 6.17. The van der Waals surface area contributed by atoms with Crippen LogP contribution in [-0.2, 0) is 11.2 Å². The van der Waals surface area contributed by atoms with E-state index in [2.05, 4.69) is 12.2 Å². The minimum absolute atomic E-state index is 0.0269.